The van der Waals surface area contributed by atoms with Crippen LogP contribution in [0.3, 0.4) is 0 Å². The molecular formula is C18H14FN3O3S2. The molecule has 0 aliphatic rings. The third-order valence-electron chi connectivity index (χ3n) is 3.43. The van der Waals surface area contributed by atoms with Crippen LogP contribution in [0, 0.1) is 5.82 Å². The van der Waals surface area contributed by atoms with Crippen molar-refractivity contribution in [2.75, 3.05) is 4.72 Å². The Morgan fingerprint density at radius 2 is 1.78 bits per heavy atom. The van der Waals surface area contributed by atoms with Gasteiger partial charge in [-0.25, -0.2) is 18.2 Å². The maximum Gasteiger partial charge on any atom is 0.273 e. The smallest absolute Gasteiger partial charge is 0.273 e. The summed E-state index contributed by atoms with van der Waals surface area (Å²) in [6.07, 6.45) is 1.36. The van der Waals surface area contributed by atoms with Gasteiger partial charge in [0.25, 0.3) is 15.9 Å². The summed E-state index contributed by atoms with van der Waals surface area (Å²) in [5.41, 5.74) is 3.19. The number of hydrogen-bond acceptors (Lipinski definition) is 5. The minimum atomic E-state index is -3.78. The Labute approximate surface area is 159 Å². The van der Waals surface area contributed by atoms with Gasteiger partial charge in [-0.1, -0.05) is 30.3 Å². The Bertz CT molecular complexity index is 1060. The number of thiophene rings is 1. The van der Waals surface area contributed by atoms with E-state index in [-0.39, 0.29) is 21.3 Å². The number of amides is 1. The van der Waals surface area contributed by atoms with Crippen molar-refractivity contribution in [3.63, 3.8) is 0 Å². The highest BCUT2D eigenvalue weighted by Crippen LogP contribution is 2.22. The number of sulfonamides is 1. The standard InChI is InChI=1S/C18H14FN3O3S2/c19-14-9-7-13(8-10-14)12-20-21-18(23)15-4-1-2-5-16(15)22-27(24,25)17-6-3-11-26-17/h1-12,22H,(H,21,23). The molecule has 2 N–H and O–H groups in total. The molecule has 6 nitrogen and oxygen atoms in total. The van der Waals surface area contributed by atoms with E-state index in [1.54, 1.807) is 23.6 Å². The first-order valence-corrected chi connectivity index (χ1v) is 10.1. The minimum Gasteiger partial charge on any atom is -0.278 e. The summed E-state index contributed by atoms with van der Waals surface area (Å²) < 4.78 is 40.2. The van der Waals surface area contributed by atoms with Crippen molar-refractivity contribution in [2.45, 2.75) is 4.21 Å². The zero-order chi connectivity index (χ0) is 19.3. The number of rotatable bonds is 6. The van der Waals surface area contributed by atoms with Gasteiger partial charge in [-0.15, -0.1) is 11.3 Å². The maximum atomic E-state index is 12.9. The first kappa shape index (κ1) is 18.7. The van der Waals surface area contributed by atoms with Gasteiger partial charge >= 0.3 is 0 Å². The second kappa shape index (κ2) is 8.11. The highest BCUT2D eigenvalue weighted by Gasteiger charge is 2.19. The fraction of sp³-hybridized carbons (Fsp3) is 0. The fourth-order valence-corrected chi connectivity index (χ4v) is 4.23. The molecule has 0 aliphatic heterocycles. The molecule has 2 aromatic carbocycles. The van der Waals surface area contributed by atoms with Crippen molar-refractivity contribution in [1.82, 2.24) is 5.43 Å². The van der Waals surface area contributed by atoms with Crippen LogP contribution >= 0.6 is 11.3 Å². The largest absolute Gasteiger partial charge is 0.278 e. The van der Waals surface area contributed by atoms with Gasteiger partial charge in [-0.05, 0) is 41.3 Å². The van der Waals surface area contributed by atoms with Crippen LogP contribution in [0.5, 0.6) is 0 Å². The fourth-order valence-electron chi connectivity index (χ4n) is 2.16. The van der Waals surface area contributed by atoms with E-state index in [4.69, 9.17) is 0 Å². The summed E-state index contributed by atoms with van der Waals surface area (Å²) in [6, 6.07) is 14.9. The average Bonchev–Trinajstić information content (AvgIpc) is 3.19. The van der Waals surface area contributed by atoms with E-state index in [2.05, 4.69) is 15.2 Å². The predicted molar refractivity (Wildman–Crippen MR) is 103 cm³/mol. The normalized spacial score (nSPS) is 11.4. The highest BCUT2D eigenvalue weighted by atomic mass is 32.2. The topological polar surface area (TPSA) is 87.6 Å². The third kappa shape index (κ3) is 4.78. The Balaban J connectivity index is 1.75. The summed E-state index contributed by atoms with van der Waals surface area (Å²) in [6.45, 7) is 0. The van der Waals surface area contributed by atoms with E-state index >= 15 is 0 Å². The molecule has 0 saturated carbocycles. The summed E-state index contributed by atoms with van der Waals surface area (Å²) in [5.74, 6) is -0.957. The van der Waals surface area contributed by atoms with Crippen LogP contribution in [0.2, 0.25) is 0 Å². The molecule has 0 unspecified atom stereocenters. The molecule has 0 atom stereocenters. The lowest BCUT2D eigenvalue weighted by Crippen LogP contribution is -2.21. The van der Waals surface area contributed by atoms with Crippen LogP contribution in [0.4, 0.5) is 10.1 Å². The van der Waals surface area contributed by atoms with Crippen molar-refractivity contribution in [3.8, 4) is 0 Å². The molecule has 0 saturated heterocycles. The summed E-state index contributed by atoms with van der Waals surface area (Å²) in [4.78, 5) is 12.4. The average molecular weight is 403 g/mol. The lowest BCUT2D eigenvalue weighted by Gasteiger charge is -2.10. The van der Waals surface area contributed by atoms with E-state index < -0.39 is 15.9 Å². The molecule has 0 spiro atoms. The van der Waals surface area contributed by atoms with Gasteiger partial charge in [-0.3, -0.25) is 9.52 Å². The number of para-hydroxylation sites is 1. The van der Waals surface area contributed by atoms with Crippen molar-refractivity contribution < 1.29 is 17.6 Å². The number of halogens is 1. The van der Waals surface area contributed by atoms with Crippen molar-refractivity contribution in [3.05, 3.63) is 83.0 Å². The maximum absolute atomic E-state index is 12.9. The zero-order valence-electron chi connectivity index (χ0n) is 13.8. The molecule has 1 aromatic heterocycles. The third-order valence-corrected chi connectivity index (χ3v) is 6.19. The van der Waals surface area contributed by atoms with Gasteiger partial charge in [0.15, 0.2) is 0 Å². The minimum absolute atomic E-state index is 0.119. The summed E-state index contributed by atoms with van der Waals surface area (Å²) in [5, 5.41) is 5.46. The highest BCUT2D eigenvalue weighted by molar-refractivity contribution is 7.94. The SMILES string of the molecule is O=C(NN=Cc1ccc(F)cc1)c1ccccc1NS(=O)(=O)c1cccs1. The molecule has 27 heavy (non-hydrogen) atoms. The summed E-state index contributed by atoms with van der Waals surface area (Å²) >= 11 is 1.07. The second-order valence-electron chi connectivity index (χ2n) is 5.33. The molecule has 138 valence electrons. The number of anilines is 1. The molecule has 3 rings (SSSR count). The summed E-state index contributed by atoms with van der Waals surface area (Å²) in [7, 11) is -3.78. The Morgan fingerprint density at radius 3 is 2.48 bits per heavy atom. The van der Waals surface area contributed by atoms with Gasteiger partial charge in [0.1, 0.15) is 10.0 Å². The van der Waals surface area contributed by atoms with Gasteiger partial charge in [0.2, 0.25) is 0 Å². The molecular weight excluding hydrogens is 389 g/mol. The molecule has 1 heterocycles. The van der Waals surface area contributed by atoms with Crippen LogP contribution in [0.1, 0.15) is 15.9 Å². The van der Waals surface area contributed by atoms with Crippen LogP contribution < -0.4 is 10.1 Å². The van der Waals surface area contributed by atoms with Crippen molar-refractivity contribution in [2.24, 2.45) is 5.10 Å². The van der Waals surface area contributed by atoms with Crippen molar-refractivity contribution in [1.29, 1.82) is 0 Å². The van der Waals surface area contributed by atoms with Gasteiger partial charge in [-0.2, -0.15) is 5.10 Å². The monoisotopic (exact) mass is 403 g/mol. The predicted octanol–water partition coefficient (Wildman–Crippen LogP) is 3.45. The second-order valence-corrected chi connectivity index (χ2v) is 8.19. The van der Waals surface area contributed by atoms with E-state index in [0.29, 0.717) is 5.56 Å². The first-order valence-electron chi connectivity index (χ1n) is 7.70. The van der Waals surface area contributed by atoms with Crippen LogP contribution in [0.25, 0.3) is 0 Å². The lowest BCUT2D eigenvalue weighted by atomic mass is 10.2. The Kier molecular flexibility index (Phi) is 5.63. The number of nitrogens with one attached hydrogen (secondary N) is 2. The molecule has 0 radical (unpaired) electrons. The van der Waals surface area contributed by atoms with E-state index in [0.717, 1.165) is 11.3 Å². The van der Waals surface area contributed by atoms with Gasteiger partial charge < -0.3 is 0 Å². The van der Waals surface area contributed by atoms with Crippen LogP contribution in [0.15, 0.2) is 75.4 Å². The molecule has 1 amide bonds. The number of nitrogens with zero attached hydrogens (tertiary/aromatic N) is 1. The van der Waals surface area contributed by atoms with Gasteiger partial charge in [0.05, 0.1) is 17.5 Å². The Hall–Kier alpha value is -3.04. The number of hydrogen-bond donors (Lipinski definition) is 2. The van der Waals surface area contributed by atoms with Gasteiger partial charge in [0, 0.05) is 0 Å². The molecule has 9 heteroatoms. The quantitative estimate of drug-likeness (QED) is 0.488. The van der Waals surface area contributed by atoms with E-state index in [1.165, 1.54) is 48.7 Å². The van der Waals surface area contributed by atoms with E-state index in [9.17, 15) is 17.6 Å². The number of carbonyl (C=O) groups is 1. The number of hydrazone groups is 1. The van der Waals surface area contributed by atoms with Crippen molar-refractivity contribution >= 4 is 39.2 Å². The first-order chi connectivity index (χ1) is 13.0. The molecule has 0 aliphatic carbocycles. The Morgan fingerprint density at radius 1 is 1.04 bits per heavy atom. The number of carbonyl (C=O) groups excluding carboxylic acids is 1. The lowest BCUT2D eigenvalue weighted by molar-refractivity contribution is 0.0956. The van der Waals surface area contributed by atoms with Crippen LogP contribution in [-0.4, -0.2) is 20.5 Å². The zero-order valence-corrected chi connectivity index (χ0v) is 15.4. The number of benzene rings is 2. The molecule has 0 fully saturated rings. The molecule has 0 bridgehead atoms. The molecule has 3 aromatic rings. The van der Waals surface area contributed by atoms with Crippen LogP contribution in [-0.2, 0) is 10.0 Å². The van der Waals surface area contributed by atoms with E-state index in [1.807, 2.05) is 0 Å².